The number of nitrogens with zero attached hydrogens (tertiary/aromatic N) is 2. The lowest BCUT2D eigenvalue weighted by Gasteiger charge is -2.48. The average molecular weight is 975 g/mol. The molecule has 3 aromatic rings. The monoisotopic (exact) mass is 974 g/mol. The first-order valence-corrected chi connectivity index (χ1v) is 26.1. The molecule has 10 aliphatic rings. The number of carbonyl (C=O) groups excluding carboxylic acids is 2. The van der Waals surface area contributed by atoms with Gasteiger partial charge in [0.2, 0.25) is 6.29 Å². The van der Waals surface area contributed by atoms with E-state index in [2.05, 4.69) is 29.8 Å². The standard InChI is InChI=1S/C58H59N3O11/c1-68-53-37-17-16-33-23-32-9-6-13-35(32)47-46(33)48(37)50-52(65)49(47)43(63)27-61-26-41-31(8-5-14-36(41)56(61)66)10-7-21-69-55-51(64)45-28-70-44(20-18-38(53)54(50)72-57(71-45)58(55,67)29-62)40-25-60-42-19-15-30(22-39(40)42)24-59-34-11-3-2-4-12-34/h5,8,14-15,18-20,22,25,32-35,44-45,51,55,57,59,62,64,67H,2-4,6,9-13,16-17,23-24,26-29H2,1H3/p+1/b20-18+/t32-,33-,35-,44-,45-,51-,55+,57-,58-/m1/s1. The maximum absolute atomic E-state index is 15.4. The molecule has 372 valence electrons. The number of rotatable bonds is 6. The van der Waals surface area contributed by atoms with E-state index in [1.165, 1.54) is 19.3 Å². The minimum absolute atomic E-state index is 0.0192. The van der Waals surface area contributed by atoms with Gasteiger partial charge in [-0.3, -0.25) is 9.59 Å². The number of methoxy groups -OCH3 is 1. The number of aliphatic imine (C=N–C) groups is 1. The van der Waals surface area contributed by atoms with E-state index in [0.29, 0.717) is 41.8 Å². The quantitative estimate of drug-likeness (QED) is 0.133. The third-order valence-corrected chi connectivity index (χ3v) is 17.6. The summed E-state index contributed by atoms with van der Waals surface area (Å²) in [4.78, 5) is 36.0. The molecule has 5 aliphatic carbocycles. The Bertz CT molecular complexity index is 3040. The summed E-state index contributed by atoms with van der Waals surface area (Å²) in [7, 11) is 1.60. The van der Waals surface area contributed by atoms with Crippen molar-refractivity contribution in [1.29, 1.82) is 0 Å². The molecule has 3 aromatic carbocycles. The number of nitrogens with one attached hydrogen (secondary N) is 1. The van der Waals surface area contributed by atoms with Gasteiger partial charge in [0.05, 0.1) is 55.2 Å². The van der Waals surface area contributed by atoms with Gasteiger partial charge in [-0.25, -0.2) is 0 Å². The summed E-state index contributed by atoms with van der Waals surface area (Å²) in [5.41, 5.74) is 6.34. The molecule has 13 rings (SSSR count). The summed E-state index contributed by atoms with van der Waals surface area (Å²) in [6.07, 6.45) is 18.9. The zero-order valence-corrected chi connectivity index (χ0v) is 40.5. The van der Waals surface area contributed by atoms with Gasteiger partial charge < -0.3 is 54.3 Å². The van der Waals surface area contributed by atoms with Crippen LogP contribution in [0.15, 0.2) is 63.8 Å². The van der Waals surface area contributed by atoms with Gasteiger partial charge in [0, 0.05) is 60.8 Å². The molecule has 0 aromatic heterocycles. The SMILES string of the molecule is COc1c2c3c4c(O)c(c5c6c4c1CC[C@@H]6C[C@H]1CCC[C@@H]51)C(=O)CN1Cc4c(cccc4C1=O)CC#CO[C@H]1[C@H](O)[C@@H](CO[C@@H](C4=C5[CH+]C(CNC6CCCCC6)=CC=C5N=C4)/C=C/2)O[C@H](O3)[C@@]1(O)CO. The molecular formula is C58H60N3O11+. The fraction of sp³-hybridized carbons (Fsp3) is 0.483. The number of aliphatic hydroxyl groups is 3. The topological polar surface area (TPSA) is 189 Å². The molecule has 2 saturated carbocycles. The van der Waals surface area contributed by atoms with E-state index in [1.807, 2.05) is 24.3 Å². The second-order valence-electron chi connectivity index (χ2n) is 21.5. The predicted molar refractivity (Wildman–Crippen MR) is 267 cm³/mol. The molecule has 0 unspecified atom stereocenters. The van der Waals surface area contributed by atoms with E-state index in [4.69, 9.17) is 28.7 Å². The van der Waals surface area contributed by atoms with Crippen molar-refractivity contribution in [3.8, 4) is 29.3 Å². The van der Waals surface area contributed by atoms with Crippen molar-refractivity contribution in [1.82, 2.24) is 10.2 Å². The molecule has 14 nitrogen and oxygen atoms in total. The number of allylic oxidation sites excluding steroid dienone is 3. The second-order valence-corrected chi connectivity index (χ2v) is 21.5. The Balaban J connectivity index is 1.02. The predicted octanol–water partition coefficient (Wildman–Crippen LogP) is 6.54. The van der Waals surface area contributed by atoms with Gasteiger partial charge in [0.25, 0.3) is 5.91 Å². The summed E-state index contributed by atoms with van der Waals surface area (Å²) < 4.78 is 33.0. The number of hydrogen-bond donors (Lipinski definition) is 5. The van der Waals surface area contributed by atoms with Gasteiger partial charge in [-0.05, 0) is 109 Å². The summed E-state index contributed by atoms with van der Waals surface area (Å²) in [5, 5.41) is 54.3. The van der Waals surface area contributed by atoms with Crippen molar-refractivity contribution in [3.05, 3.63) is 110 Å². The Morgan fingerprint density at radius 1 is 1.03 bits per heavy atom. The zero-order chi connectivity index (χ0) is 49.0. The lowest BCUT2D eigenvalue weighted by atomic mass is 9.64. The van der Waals surface area contributed by atoms with Gasteiger partial charge in [0.1, 0.15) is 47.2 Å². The van der Waals surface area contributed by atoms with Crippen LogP contribution in [0.25, 0.3) is 16.8 Å². The summed E-state index contributed by atoms with van der Waals surface area (Å²) in [5.74, 6) is 3.01. The Morgan fingerprint density at radius 2 is 1.90 bits per heavy atom. The first-order chi connectivity index (χ1) is 35.1. The number of phenols is 1. The minimum atomic E-state index is -2.45. The van der Waals surface area contributed by atoms with Crippen molar-refractivity contribution in [2.45, 2.75) is 138 Å². The van der Waals surface area contributed by atoms with Crippen LogP contribution in [-0.2, 0) is 33.6 Å². The van der Waals surface area contributed by atoms with E-state index < -0.39 is 42.9 Å². The van der Waals surface area contributed by atoms with Crippen LogP contribution in [0, 0.1) is 24.4 Å². The van der Waals surface area contributed by atoms with Crippen molar-refractivity contribution in [3.63, 3.8) is 0 Å². The highest BCUT2D eigenvalue weighted by Crippen LogP contribution is 2.62. The number of aliphatic hydroxyl groups excluding tert-OH is 2. The largest absolute Gasteiger partial charge is 0.506 e. The number of phenolic OH excluding ortho intramolecular Hbond substituents is 1. The molecule has 14 heteroatoms. The lowest BCUT2D eigenvalue weighted by molar-refractivity contribution is -0.327. The van der Waals surface area contributed by atoms with Crippen LogP contribution >= 0.6 is 0 Å². The van der Waals surface area contributed by atoms with Gasteiger partial charge in [0.15, 0.2) is 23.2 Å². The zero-order valence-electron chi connectivity index (χ0n) is 40.5. The molecule has 5 heterocycles. The van der Waals surface area contributed by atoms with Gasteiger partial charge in [-0.2, -0.15) is 4.99 Å². The highest BCUT2D eigenvalue weighted by molar-refractivity contribution is 6.14. The number of Topliss-reactive ketones (excluding diaryl/α,β-unsaturated/α-hetero) is 1. The molecule has 3 fully saturated rings. The van der Waals surface area contributed by atoms with Crippen LogP contribution in [0.2, 0.25) is 0 Å². The molecule has 9 atom stereocenters. The Hall–Kier alpha value is -5.92. The number of hydrogen-bond acceptors (Lipinski definition) is 13. The van der Waals surface area contributed by atoms with Crippen molar-refractivity contribution in [2.24, 2.45) is 10.9 Å². The van der Waals surface area contributed by atoms with Crippen molar-refractivity contribution < 1.29 is 53.7 Å². The molecule has 5 aliphatic heterocycles. The second kappa shape index (κ2) is 17.9. The Kier molecular flexibility index (Phi) is 11.4. The normalized spacial score (nSPS) is 31.7. The van der Waals surface area contributed by atoms with Crippen LogP contribution < -0.4 is 14.8 Å². The van der Waals surface area contributed by atoms with E-state index in [1.54, 1.807) is 30.4 Å². The van der Waals surface area contributed by atoms with Gasteiger partial charge in [-0.15, -0.1) is 0 Å². The highest BCUT2D eigenvalue weighted by atomic mass is 16.7. The number of aromatic hydroxyl groups is 1. The smallest absolute Gasteiger partial charge is 0.254 e. The maximum Gasteiger partial charge on any atom is 0.254 e. The number of benzene rings is 3. The number of aryl methyl sites for hydroxylation is 1. The first kappa shape index (κ1) is 45.9. The molecule has 1 amide bonds. The summed E-state index contributed by atoms with van der Waals surface area (Å²) in [6, 6.07) is 5.88. The Morgan fingerprint density at radius 3 is 2.75 bits per heavy atom. The molecule has 1 saturated heterocycles. The van der Waals surface area contributed by atoms with Crippen LogP contribution in [0.4, 0.5) is 0 Å². The molecule has 5 N–H and O–H groups in total. The van der Waals surface area contributed by atoms with Crippen LogP contribution in [-0.4, -0.2) is 119 Å². The highest BCUT2D eigenvalue weighted by Gasteiger charge is 2.59. The van der Waals surface area contributed by atoms with Crippen LogP contribution in [0.5, 0.6) is 17.2 Å². The van der Waals surface area contributed by atoms with Gasteiger partial charge >= 0.3 is 0 Å². The molecule has 0 radical (unpaired) electrons. The number of fused-ring (bicyclic) bond motifs is 8. The number of ketones is 1. The van der Waals surface area contributed by atoms with E-state index in [9.17, 15) is 25.2 Å². The van der Waals surface area contributed by atoms with Crippen molar-refractivity contribution in [2.75, 3.05) is 33.4 Å². The van der Waals surface area contributed by atoms with E-state index in [-0.39, 0.29) is 72.1 Å². The van der Waals surface area contributed by atoms with Crippen LogP contribution in [0.1, 0.15) is 130 Å². The van der Waals surface area contributed by atoms with E-state index >= 15 is 4.79 Å². The molecule has 0 spiro atoms. The number of carbonyl (C=O) groups is 2. The molecule has 8 bridgehead atoms. The fourth-order valence-electron chi connectivity index (χ4n) is 14.0. The fourth-order valence-corrected chi connectivity index (χ4v) is 14.0. The van der Waals surface area contributed by atoms with Crippen molar-refractivity contribution >= 4 is 34.8 Å². The summed E-state index contributed by atoms with van der Waals surface area (Å²) in [6.45, 7) is -0.596. The minimum Gasteiger partial charge on any atom is -0.506 e. The molecule has 72 heavy (non-hydrogen) atoms. The average Bonchev–Trinajstić information content (AvgIpc) is 4.13. The Labute approximate surface area is 418 Å². The number of ether oxygens (including phenoxy) is 5. The molecular weight excluding hydrogens is 915 g/mol. The number of amides is 1. The third-order valence-electron chi connectivity index (χ3n) is 17.6. The van der Waals surface area contributed by atoms with Gasteiger partial charge in [-0.1, -0.05) is 43.7 Å². The summed E-state index contributed by atoms with van der Waals surface area (Å²) >= 11 is 0. The third kappa shape index (κ3) is 7.21. The first-order valence-electron chi connectivity index (χ1n) is 26.1. The lowest BCUT2D eigenvalue weighted by Crippen LogP contribution is -2.70. The van der Waals surface area contributed by atoms with Crippen LogP contribution in [0.3, 0.4) is 0 Å². The van der Waals surface area contributed by atoms with E-state index in [0.717, 1.165) is 101 Å². The maximum atomic E-state index is 15.4.